The fourth-order valence-corrected chi connectivity index (χ4v) is 2.20. The molecular weight excluding hydrogens is 369 g/mol. The molecule has 0 saturated heterocycles. The first-order valence-corrected chi connectivity index (χ1v) is 7.91. The first kappa shape index (κ1) is 18.9. The van der Waals surface area contributed by atoms with E-state index in [9.17, 15) is 9.59 Å². The van der Waals surface area contributed by atoms with Crippen LogP contribution in [-0.4, -0.2) is 32.2 Å². The Morgan fingerprint density at radius 2 is 1.80 bits per heavy atom. The number of carbonyl (C=O) groups excluding carboxylic acids is 2. The zero-order valence-electron chi connectivity index (χ0n) is 13.3. The standard InChI is InChI=1S/C17H15Cl2NO5/c1-23-15-6-5-12(19)8-14(15)20-16(21)9-25-17(22)10-24-13-4-2-3-11(18)7-13/h2-8H,9-10H2,1H3,(H,20,21). The topological polar surface area (TPSA) is 73.9 Å². The molecule has 0 aliphatic rings. The number of halogens is 2. The van der Waals surface area contributed by atoms with Crippen molar-refractivity contribution in [3.8, 4) is 11.5 Å². The van der Waals surface area contributed by atoms with Crippen LogP contribution in [0.25, 0.3) is 0 Å². The largest absolute Gasteiger partial charge is 0.495 e. The molecule has 2 aromatic carbocycles. The fourth-order valence-electron chi connectivity index (χ4n) is 1.85. The molecule has 0 bridgehead atoms. The van der Waals surface area contributed by atoms with Gasteiger partial charge < -0.3 is 19.5 Å². The highest BCUT2D eigenvalue weighted by Crippen LogP contribution is 2.27. The molecule has 0 atom stereocenters. The summed E-state index contributed by atoms with van der Waals surface area (Å²) in [6.07, 6.45) is 0. The summed E-state index contributed by atoms with van der Waals surface area (Å²) in [7, 11) is 1.46. The minimum Gasteiger partial charge on any atom is -0.495 e. The lowest BCUT2D eigenvalue weighted by Gasteiger charge is -2.11. The number of rotatable bonds is 7. The molecule has 0 aliphatic heterocycles. The molecule has 0 fully saturated rings. The van der Waals surface area contributed by atoms with Gasteiger partial charge in [-0.1, -0.05) is 29.3 Å². The van der Waals surface area contributed by atoms with Crippen LogP contribution in [0, 0.1) is 0 Å². The summed E-state index contributed by atoms with van der Waals surface area (Å²) < 4.78 is 15.2. The van der Waals surface area contributed by atoms with Crippen molar-refractivity contribution in [2.75, 3.05) is 25.6 Å². The Morgan fingerprint density at radius 3 is 2.52 bits per heavy atom. The molecule has 0 radical (unpaired) electrons. The van der Waals surface area contributed by atoms with Crippen LogP contribution in [0.2, 0.25) is 10.0 Å². The highest BCUT2D eigenvalue weighted by Gasteiger charge is 2.11. The van der Waals surface area contributed by atoms with Gasteiger partial charge in [0.15, 0.2) is 13.2 Å². The maximum absolute atomic E-state index is 11.9. The number of anilines is 1. The van der Waals surface area contributed by atoms with E-state index in [2.05, 4.69) is 5.32 Å². The Labute approximate surface area is 154 Å². The van der Waals surface area contributed by atoms with Crippen LogP contribution in [0.4, 0.5) is 5.69 Å². The van der Waals surface area contributed by atoms with Crippen molar-refractivity contribution in [3.05, 3.63) is 52.5 Å². The van der Waals surface area contributed by atoms with Gasteiger partial charge in [0.05, 0.1) is 12.8 Å². The summed E-state index contributed by atoms with van der Waals surface area (Å²) in [4.78, 5) is 23.5. The van der Waals surface area contributed by atoms with Gasteiger partial charge in [-0.15, -0.1) is 0 Å². The fraction of sp³-hybridized carbons (Fsp3) is 0.176. The minimum absolute atomic E-state index is 0.339. The van der Waals surface area contributed by atoms with Gasteiger partial charge in [0.2, 0.25) is 0 Å². The van der Waals surface area contributed by atoms with Crippen LogP contribution in [0.3, 0.4) is 0 Å². The zero-order chi connectivity index (χ0) is 18.2. The van der Waals surface area contributed by atoms with Crippen molar-refractivity contribution in [2.24, 2.45) is 0 Å². The Hall–Kier alpha value is -2.44. The van der Waals surface area contributed by atoms with E-state index in [1.807, 2.05) is 0 Å². The number of benzene rings is 2. The number of nitrogens with one attached hydrogen (secondary N) is 1. The van der Waals surface area contributed by atoms with E-state index in [0.29, 0.717) is 27.2 Å². The monoisotopic (exact) mass is 383 g/mol. The molecule has 8 heteroatoms. The lowest BCUT2D eigenvalue weighted by Crippen LogP contribution is -2.23. The average molecular weight is 384 g/mol. The summed E-state index contributed by atoms with van der Waals surface area (Å²) in [5.74, 6) is -0.351. The van der Waals surface area contributed by atoms with Crippen molar-refractivity contribution in [3.63, 3.8) is 0 Å². The SMILES string of the molecule is COc1ccc(Cl)cc1NC(=O)COC(=O)COc1cccc(Cl)c1. The predicted octanol–water partition coefficient (Wildman–Crippen LogP) is 3.56. The highest BCUT2D eigenvalue weighted by molar-refractivity contribution is 6.31. The summed E-state index contributed by atoms with van der Waals surface area (Å²) >= 11 is 11.7. The van der Waals surface area contributed by atoms with Gasteiger partial charge in [0, 0.05) is 10.0 Å². The molecular formula is C17H15Cl2NO5. The van der Waals surface area contributed by atoms with Gasteiger partial charge in [-0.05, 0) is 36.4 Å². The minimum atomic E-state index is -0.687. The molecule has 1 amide bonds. The summed E-state index contributed by atoms with van der Waals surface area (Å²) in [5.41, 5.74) is 0.381. The summed E-state index contributed by atoms with van der Waals surface area (Å²) in [6.45, 7) is -0.804. The number of ether oxygens (including phenoxy) is 3. The Bertz CT molecular complexity index is 766. The second-order valence-electron chi connectivity index (χ2n) is 4.80. The molecule has 0 saturated carbocycles. The van der Waals surface area contributed by atoms with Crippen LogP contribution >= 0.6 is 23.2 Å². The first-order valence-electron chi connectivity index (χ1n) is 7.15. The molecule has 0 heterocycles. The number of hydrogen-bond donors (Lipinski definition) is 1. The third-order valence-electron chi connectivity index (χ3n) is 2.95. The molecule has 2 rings (SSSR count). The van der Waals surface area contributed by atoms with E-state index in [0.717, 1.165) is 0 Å². The average Bonchev–Trinajstić information content (AvgIpc) is 2.58. The van der Waals surface area contributed by atoms with Gasteiger partial charge in [-0.2, -0.15) is 0 Å². The first-order chi connectivity index (χ1) is 12.0. The van der Waals surface area contributed by atoms with Crippen LogP contribution in [0.5, 0.6) is 11.5 Å². The Kier molecular flexibility index (Phi) is 6.91. The maximum Gasteiger partial charge on any atom is 0.344 e. The van der Waals surface area contributed by atoms with Crippen molar-refractivity contribution in [1.82, 2.24) is 0 Å². The van der Waals surface area contributed by atoms with E-state index >= 15 is 0 Å². The molecule has 0 spiro atoms. The van der Waals surface area contributed by atoms with Crippen LogP contribution in [0.15, 0.2) is 42.5 Å². The zero-order valence-corrected chi connectivity index (χ0v) is 14.8. The van der Waals surface area contributed by atoms with Crippen molar-refractivity contribution in [2.45, 2.75) is 0 Å². The summed E-state index contributed by atoms with van der Waals surface area (Å²) in [5, 5.41) is 3.48. The number of hydrogen-bond acceptors (Lipinski definition) is 5. The van der Waals surface area contributed by atoms with E-state index in [-0.39, 0.29) is 6.61 Å². The molecule has 2 aromatic rings. The van der Waals surface area contributed by atoms with Gasteiger partial charge >= 0.3 is 5.97 Å². The highest BCUT2D eigenvalue weighted by atomic mass is 35.5. The Balaban J connectivity index is 1.79. The van der Waals surface area contributed by atoms with E-state index in [4.69, 9.17) is 37.4 Å². The van der Waals surface area contributed by atoms with Crippen LogP contribution in [-0.2, 0) is 14.3 Å². The third-order valence-corrected chi connectivity index (χ3v) is 3.42. The van der Waals surface area contributed by atoms with Gasteiger partial charge in [-0.25, -0.2) is 4.79 Å². The van der Waals surface area contributed by atoms with E-state index in [1.54, 1.807) is 36.4 Å². The number of methoxy groups -OCH3 is 1. The van der Waals surface area contributed by atoms with Gasteiger partial charge in [0.1, 0.15) is 11.5 Å². The molecule has 0 aromatic heterocycles. The second-order valence-corrected chi connectivity index (χ2v) is 5.67. The summed E-state index contributed by atoms with van der Waals surface area (Å²) in [6, 6.07) is 11.4. The van der Waals surface area contributed by atoms with Crippen molar-refractivity contribution in [1.29, 1.82) is 0 Å². The molecule has 25 heavy (non-hydrogen) atoms. The molecule has 132 valence electrons. The second kappa shape index (κ2) is 9.15. The molecule has 1 N–H and O–H groups in total. The van der Waals surface area contributed by atoms with Gasteiger partial charge in [-0.3, -0.25) is 4.79 Å². The molecule has 0 aliphatic carbocycles. The quantitative estimate of drug-likeness (QED) is 0.739. The third kappa shape index (κ3) is 6.17. The smallest absolute Gasteiger partial charge is 0.344 e. The maximum atomic E-state index is 11.9. The Morgan fingerprint density at radius 1 is 1.04 bits per heavy atom. The van der Waals surface area contributed by atoms with Crippen LogP contribution in [0.1, 0.15) is 0 Å². The van der Waals surface area contributed by atoms with E-state index in [1.165, 1.54) is 13.2 Å². The van der Waals surface area contributed by atoms with Crippen LogP contribution < -0.4 is 14.8 Å². The van der Waals surface area contributed by atoms with Crippen molar-refractivity contribution < 1.29 is 23.8 Å². The lowest BCUT2D eigenvalue weighted by molar-refractivity contribution is -0.149. The number of carbonyl (C=O) groups is 2. The van der Waals surface area contributed by atoms with Crippen molar-refractivity contribution >= 4 is 40.8 Å². The number of esters is 1. The molecule has 0 unspecified atom stereocenters. The normalized spacial score (nSPS) is 10.0. The van der Waals surface area contributed by atoms with Gasteiger partial charge in [0.25, 0.3) is 5.91 Å². The number of amides is 1. The van der Waals surface area contributed by atoms with E-state index < -0.39 is 18.5 Å². The lowest BCUT2D eigenvalue weighted by atomic mass is 10.3. The molecule has 6 nitrogen and oxygen atoms in total. The predicted molar refractivity (Wildman–Crippen MR) is 94.5 cm³/mol.